The summed E-state index contributed by atoms with van der Waals surface area (Å²) >= 11 is 3.09. The first-order chi connectivity index (χ1) is 9.19. The maximum absolute atomic E-state index is 12.9. The lowest BCUT2D eigenvalue weighted by molar-refractivity contribution is 0.107. The van der Waals surface area contributed by atoms with Crippen LogP contribution in [-0.2, 0) is 18.0 Å². The minimum absolute atomic E-state index is 0.345. The maximum Gasteiger partial charge on any atom is 0.227 e. The minimum Gasteiger partial charge on any atom is -0.497 e. The Hall–Kier alpha value is -1.46. The van der Waals surface area contributed by atoms with Crippen LogP contribution in [0, 0.1) is 5.95 Å². The smallest absolute Gasteiger partial charge is 0.227 e. The molecule has 0 bridgehead atoms. The standard InChI is InChI=1S/C14H13BrFNO2/c1-18-12-4-2-10(3-5-12)8-19-9-11-6-13(15)14(16)17-7-11/h2-7H,8-9H2,1H3. The molecule has 19 heavy (non-hydrogen) atoms. The second kappa shape index (κ2) is 6.63. The Morgan fingerprint density at radius 2 is 1.84 bits per heavy atom. The SMILES string of the molecule is COc1ccc(COCc2cnc(F)c(Br)c2)cc1. The predicted molar refractivity (Wildman–Crippen MR) is 73.4 cm³/mol. The van der Waals surface area contributed by atoms with Gasteiger partial charge in [0.2, 0.25) is 5.95 Å². The highest BCUT2D eigenvalue weighted by molar-refractivity contribution is 9.10. The van der Waals surface area contributed by atoms with Crippen molar-refractivity contribution in [2.24, 2.45) is 0 Å². The third kappa shape index (κ3) is 4.01. The highest BCUT2D eigenvalue weighted by Crippen LogP contribution is 2.16. The number of benzene rings is 1. The minimum atomic E-state index is -0.515. The van der Waals surface area contributed by atoms with E-state index in [9.17, 15) is 4.39 Å². The molecule has 0 radical (unpaired) electrons. The summed E-state index contributed by atoms with van der Waals surface area (Å²) in [5.41, 5.74) is 1.87. The first-order valence-electron chi connectivity index (χ1n) is 5.69. The number of hydrogen-bond acceptors (Lipinski definition) is 3. The van der Waals surface area contributed by atoms with E-state index in [0.29, 0.717) is 17.7 Å². The molecule has 0 aliphatic heterocycles. The molecule has 3 nitrogen and oxygen atoms in total. The van der Waals surface area contributed by atoms with E-state index in [1.807, 2.05) is 24.3 Å². The average molecular weight is 326 g/mol. The Morgan fingerprint density at radius 1 is 1.16 bits per heavy atom. The van der Waals surface area contributed by atoms with Crippen LogP contribution in [0.25, 0.3) is 0 Å². The number of hydrogen-bond donors (Lipinski definition) is 0. The zero-order chi connectivity index (χ0) is 13.7. The fourth-order valence-electron chi connectivity index (χ4n) is 1.55. The number of rotatable bonds is 5. The van der Waals surface area contributed by atoms with Crippen molar-refractivity contribution >= 4 is 15.9 Å². The topological polar surface area (TPSA) is 31.4 Å². The molecule has 2 aromatic rings. The normalized spacial score (nSPS) is 10.5. The quantitative estimate of drug-likeness (QED) is 0.785. The van der Waals surface area contributed by atoms with E-state index in [-0.39, 0.29) is 0 Å². The number of methoxy groups -OCH3 is 1. The van der Waals surface area contributed by atoms with Gasteiger partial charge in [0.15, 0.2) is 0 Å². The number of nitrogens with zero attached hydrogens (tertiary/aromatic N) is 1. The molecule has 0 aliphatic rings. The van der Waals surface area contributed by atoms with Gasteiger partial charge in [-0.05, 0) is 45.3 Å². The second-order valence-corrected chi connectivity index (χ2v) is 4.81. The average Bonchev–Trinajstić information content (AvgIpc) is 2.43. The van der Waals surface area contributed by atoms with Crippen molar-refractivity contribution in [3.05, 3.63) is 58.1 Å². The largest absolute Gasteiger partial charge is 0.497 e. The van der Waals surface area contributed by atoms with Crippen molar-refractivity contribution in [1.82, 2.24) is 4.98 Å². The predicted octanol–water partition coefficient (Wildman–Crippen LogP) is 3.71. The third-order valence-electron chi connectivity index (χ3n) is 2.55. The molecule has 1 aromatic heterocycles. The molecule has 0 aliphatic carbocycles. The highest BCUT2D eigenvalue weighted by atomic mass is 79.9. The van der Waals surface area contributed by atoms with Crippen LogP contribution in [0.1, 0.15) is 11.1 Å². The van der Waals surface area contributed by atoms with E-state index in [0.717, 1.165) is 16.9 Å². The first kappa shape index (κ1) is 14.0. The number of ether oxygens (including phenoxy) is 2. The Balaban J connectivity index is 1.86. The molecule has 0 saturated carbocycles. The summed E-state index contributed by atoms with van der Waals surface area (Å²) < 4.78 is 23.9. The fourth-order valence-corrected chi connectivity index (χ4v) is 1.94. The van der Waals surface area contributed by atoms with Gasteiger partial charge in [0.1, 0.15) is 5.75 Å². The number of pyridine rings is 1. The van der Waals surface area contributed by atoms with Gasteiger partial charge in [-0.15, -0.1) is 0 Å². The summed E-state index contributed by atoms with van der Waals surface area (Å²) in [6.07, 6.45) is 1.47. The Bertz CT molecular complexity index is 546. The van der Waals surface area contributed by atoms with E-state index >= 15 is 0 Å². The van der Waals surface area contributed by atoms with E-state index in [2.05, 4.69) is 20.9 Å². The zero-order valence-corrected chi connectivity index (χ0v) is 12.0. The summed E-state index contributed by atoms with van der Waals surface area (Å²) in [6, 6.07) is 9.31. The molecular weight excluding hydrogens is 313 g/mol. The molecule has 0 N–H and O–H groups in total. The second-order valence-electron chi connectivity index (χ2n) is 3.96. The molecule has 5 heteroatoms. The molecule has 0 atom stereocenters. The Morgan fingerprint density at radius 3 is 2.47 bits per heavy atom. The number of aromatic nitrogens is 1. The molecule has 0 amide bonds. The summed E-state index contributed by atoms with van der Waals surface area (Å²) in [5.74, 6) is 0.300. The summed E-state index contributed by atoms with van der Waals surface area (Å²) in [7, 11) is 1.63. The van der Waals surface area contributed by atoms with Crippen molar-refractivity contribution in [3.8, 4) is 5.75 Å². The van der Waals surface area contributed by atoms with Crippen LogP contribution in [0.2, 0.25) is 0 Å². The maximum atomic E-state index is 12.9. The van der Waals surface area contributed by atoms with Gasteiger partial charge in [-0.25, -0.2) is 4.98 Å². The molecule has 0 unspecified atom stereocenters. The van der Waals surface area contributed by atoms with Gasteiger partial charge >= 0.3 is 0 Å². The van der Waals surface area contributed by atoms with E-state index < -0.39 is 5.95 Å². The van der Waals surface area contributed by atoms with Crippen molar-refractivity contribution in [1.29, 1.82) is 0 Å². The molecule has 0 fully saturated rings. The van der Waals surface area contributed by atoms with Gasteiger partial charge < -0.3 is 9.47 Å². The monoisotopic (exact) mass is 325 g/mol. The Kier molecular flexibility index (Phi) is 4.87. The molecule has 1 heterocycles. The fraction of sp³-hybridized carbons (Fsp3) is 0.214. The van der Waals surface area contributed by atoms with E-state index in [1.165, 1.54) is 6.20 Å². The van der Waals surface area contributed by atoms with Crippen molar-refractivity contribution < 1.29 is 13.9 Å². The summed E-state index contributed by atoms with van der Waals surface area (Å²) in [4.78, 5) is 3.62. The lowest BCUT2D eigenvalue weighted by atomic mass is 10.2. The molecule has 1 aromatic carbocycles. The van der Waals surface area contributed by atoms with Gasteiger partial charge in [0.05, 0.1) is 24.8 Å². The van der Waals surface area contributed by atoms with Crippen molar-refractivity contribution in [3.63, 3.8) is 0 Å². The summed E-state index contributed by atoms with van der Waals surface area (Å²) in [6.45, 7) is 0.872. The van der Waals surface area contributed by atoms with Crippen molar-refractivity contribution in [2.45, 2.75) is 13.2 Å². The summed E-state index contributed by atoms with van der Waals surface area (Å²) in [5, 5.41) is 0. The van der Waals surface area contributed by atoms with Gasteiger partial charge in [0.25, 0.3) is 0 Å². The van der Waals surface area contributed by atoms with Gasteiger partial charge in [-0.3, -0.25) is 0 Å². The van der Waals surface area contributed by atoms with Gasteiger partial charge in [-0.1, -0.05) is 12.1 Å². The first-order valence-corrected chi connectivity index (χ1v) is 6.49. The van der Waals surface area contributed by atoms with Crippen LogP contribution in [0.3, 0.4) is 0 Å². The Labute approximate surface area is 119 Å². The highest BCUT2D eigenvalue weighted by Gasteiger charge is 2.02. The van der Waals surface area contributed by atoms with Crippen LogP contribution in [0.4, 0.5) is 4.39 Å². The van der Waals surface area contributed by atoms with Crippen molar-refractivity contribution in [2.75, 3.05) is 7.11 Å². The van der Waals surface area contributed by atoms with Crippen LogP contribution in [0.5, 0.6) is 5.75 Å². The lowest BCUT2D eigenvalue weighted by Crippen LogP contribution is -1.96. The van der Waals surface area contributed by atoms with Crippen LogP contribution < -0.4 is 4.74 Å². The van der Waals surface area contributed by atoms with Crippen LogP contribution in [-0.4, -0.2) is 12.1 Å². The third-order valence-corrected chi connectivity index (χ3v) is 3.11. The number of halogens is 2. The van der Waals surface area contributed by atoms with Crippen LogP contribution >= 0.6 is 15.9 Å². The molecule has 0 saturated heterocycles. The molecule has 100 valence electrons. The molecule has 2 rings (SSSR count). The van der Waals surface area contributed by atoms with E-state index in [1.54, 1.807) is 13.2 Å². The van der Waals surface area contributed by atoms with Crippen LogP contribution in [0.15, 0.2) is 41.0 Å². The van der Waals surface area contributed by atoms with E-state index in [4.69, 9.17) is 9.47 Å². The lowest BCUT2D eigenvalue weighted by Gasteiger charge is -2.06. The molecular formula is C14H13BrFNO2. The zero-order valence-electron chi connectivity index (χ0n) is 10.4. The molecule has 0 spiro atoms. The van der Waals surface area contributed by atoms with Gasteiger partial charge in [-0.2, -0.15) is 4.39 Å². The van der Waals surface area contributed by atoms with Gasteiger partial charge in [0, 0.05) is 6.20 Å².